The molecule has 2 amide bonds. The average molecular weight is 580 g/mol. The van der Waals surface area contributed by atoms with Crippen LogP contribution < -0.4 is 15.8 Å². The summed E-state index contributed by atoms with van der Waals surface area (Å²) in [6, 6.07) is 11.3. The van der Waals surface area contributed by atoms with Crippen molar-refractivity contribution in [1.29, 1.82) is 0 Å². The summed E-state index contributed by atoms with van der Waals surface area (Å²) in [6.07, 6.45) is 3.15. The number of nitrogens with one attached hydrogen (secondary N) is 1. The molecule has 2 atom stereocenters. The number of hydrogen-bond acceptors (Lipinski definition) is 8. The minimum Gasteiger partial charge on any atom is -0.496 e. The molecule has 3 rings (SSSR count). The Morgan fingerprint density at radius 3 is 2.57 bits per heavy atom. The van der Waals surface area contributed by atoms with Crippen LogP contribution in [0.2, 0.25) is 0 Å². The number of methoxy groups -OCH3 is 1. The van der Waals surface area contributed by atoms with Gasteiger partial charge in [0.15, 0.2) is 6.29 Å². The lowest BCUT2D eigenvalue weighted by Crippen LogP contribution is -2.53. The molecule has 3 N–H and O–H groups in total. The number of ketones is 1. The van der Waals surface area contributed by atoms with Gasteiger partial charge in [-0.3, -0.25) is 19.2 Å². The van der Waals surface area contributed by atoms with Crippen LogP contribution in [-0.2, 0) is 30.3 Å². The van der Waals surface area contributed by atoms with E-state index in [1.54, 1.807) is 50.2 Å². The highest BCUT2D eigenvalue weighted by atomic mass is 16.5. The number of piperidine rings is 1. The molecule has 42 heavy (non-hydrogen) atoms. The number of aryl methyl sites for hydroxylation is 1. The van der Waals surface area contributed by atoms with E-state index in [2.05, 4.69) is 5.32 Å². The van der Waals surface area contributed by atoms with Crippen molar-refractivity contribution < 1.29 is 33.4 Å². The third-order valence-corrected chi connectivity index (χ3v) is 7.83. The number of esters is 1. The van der Waals surface area contributed by atoms with Crippen LogP contribution in [0.3, 0.4) is 0 Å². The number of hydrogen-bond donors (Lipinski definition) is 2. The minimum absolute atomic E-state index is 0.180. The second-order valence-electron chi connectivity index (χ2n) is 11.1. The normalized spacial score (nSPS) is 15.8. The van der Waals surface area contributed by atoms with E-state index >= 15 is 0 Å². The number of likely N-dealkylation sites (tertiary alicyclic amines) is 1. The van der Waals surface area contributed by atoms with Crippen molar-refractivity contribution in [3.8, 4) is 5.75 Å². The Hall–Kier alpha value is -4.05. The van der Waals surface area contributed by atoms with Crippen LogP contribution in [0.15, 0.2) is 42.5 Å². The first-order chi connectivity index (χ1) is 20.0. The molecule has 1 aliphatic rings. The smallest absolute Gasteiger partial charge is 0.329 e. The SMILES string of the molecule is CCC(C)(C)C(=O)C(=O)N1CCCC[C@H]1C(=O)O[C@H](CCc1ccc(C=O)c(OC)c1)c1cccc(NC(=O)CN)c1. The lowest BCUT2D eigenvalue weighted by Gasteiger charge is -2.36. The van der Waals surface area contributed by atoms with Gasteiger partial charge in [0.25, 0.3) is 5.91 Å². The van der Waals surface area contributed by atoms with E-state index in [9.17, 15) is 24.0 Å². The number of rotatable bonds is 13. The van der Waals surface area contributed by atoms with Crippen molar-refractivity contribution in [3.63, 3.8) is 0 Å². The van der Waals surface area contributed by atoms with Gasteiger partial charge in [-0.05, 0) is 73.9 Å². The van der Waals surface area contributed by atoms with Gasteiger partial charge < -0.3 is 25.4 Å². The summed E-state index contributed by atoms with van der Waals surface area (Å²) in [5, 5.41) is 2.71. The molecule has 10 heteroatoms. The van der Waals surface area contributed by atoms with E-state index in [1.807, 2.05) is 13.0 Å². The molecule has 0 spiro atoms. The first-order valence-corrected chi connectivity index (χ1v) is 14.3. The van der Waals surface area contributed by atoms with Crippen molar-refractivity contribution in [2.45, 2.75) is 71.4 Å². The van der Waals surface area contributed by atoms with Crippen molar-refractivity contribution in [2.24, 2.45) is 11.1 Å². The molecule has 10 nitrogen and oxygen atoms in total. The summed E-state index contributed by atoms with van der Waals surface area (Å²) >= 11 is 0. The molecule has 1 heterocycles. The van der Waals surface area contributed by atoms with Crippen molar-refractivity contribution in [3.05, 3.63) is 59.2 Å². The highest BCUT2D eigenvalue weighted by Gasteiger charge is 2.41. The zero-order valence-electron chi connectivity index (χ0n) is 24.8. The molecule has 0 radical (unpaired) electrons. The molecule has 1 aliphatic heterocycles. The number of benzene rings is 2. The topological polar surface area (TPSA) is 145 Å². The molecule has 1 fully saturated rings. The number of nitrogens with zero attached hydrogens (tertiary/aromatic N) is 1. The van der Waals surface area contributed by atoms with Gasteiger partial charge in [-0.25, -0.2) is 4.79 Å². The van der Waals surface area contributed by atoms with Crippen molar-refractivity contribution in [2.75, 3.05) is 25.5 Å². The molecule has 0 aromatic heterocycles. The number of aldehydes is 1. The fraction of sp³-hybridized carbons (Fsp3) is 0.469. The Morgan fingerprint density at radius 1 is 1.14 bits per heavy atom. The lowest BCUT2D eigenvalue weighted by molar-refractivity contribution is -0.164. The third kappa shape index (κ3) is 8.03. The van der Waals surface area contributed by atoms with Gasteiger partial charge in [-0.15, -0.1) is 0 Å². The van der Waals surface area contributed by atoms with Crippen LogP contribution in [0, 0.1) is 5.41 Å². The Bertz CT molecular complexity index is 1310. The Labute approximate surface area is 246 Å². The quantitative estimate of drug-likeness (QED) is 0.206. The highest BCUT2D eigenvalue weighted by Crippen LogP contribution is 2.31. The van der Waals surface area contributed by atoms with Gasteiger partial charge in [-0.2, -0.15) is 0 Å². The second kappa shape index (κ2) is 14.7. The minimum atomic E-state index is -0.877. The van der Waals surface area contributed by atoms with Crippen LogP contribution in [-0.4, -0.2) is 61.0 Å². The van der Waals surface area contributed by atoms with Crippen molar-refractivity contribution in [1.82, 2.24) is 4.90 Å². The number of amides is 2. The molecule has 0 unspecified atom stereocenters. The van der Waals surface area contributed by atoms with Gasteiger partial charge in [-0.1, -0.05) is 39.0 Å². The summed E-state index contributed by atoms with van der Waals surface area (Å²) in [5.74, 6) is -1.68. The van der Waals surface area contributed by atoms with Crippen LogP contribution in [0.4, 0.5) is 5.69 Å². The molecule has 1 saturated heterocycles. The number of nitrogens with two attached hydrogens (primary N) is 1. The zero-order chi connectivity index (χ0) is 30.9. The van der Waals surface area contributed by atoms with Gasteiger partial charge in [0.2, 0.25) is 11.7 Å². The third-order valence-electron chi connectivity index (χ3n) is 7.83. The van der Waals surface area contributed by atoms with Crippen LogP contribution in [0.5, 0.6) is 5.75 Å². The molecule has 0 bridgehead atoms. The lowest BCUT2D eigenvalue weighted by atomic mass is 9.84. The largest absolute Gasteiger partial charge is 0.496 e. The molecule has 2 aromatic rings. The zero-order valence-corrected chi connectivity index (χ0v) is 24.8. The molecular formula is C32H41N3O7. The van der Waals surface area contributed by atoms with Gasteiger partial charge in [0, 0.05) is 17.6 Å². The Morgan fingerprint density at radius 2 is 1.90 bits per heavy atom. The maximum atomic E-state index is 13.7. The number of ether oxygens (including phenoxy) is 2. The average Bonchev–Trinajstić information content (AvgIpc) is 3.01. The van der Waals surface area contributed by atoms with Crippen LogP contribution in [0.1, 0.15) is 80.5 Å². The van der Waals surface area contributed by atoms with Crippen molar-refractivity contribution >= 4 is 35.5 Å². The number of anilines is 1. The molecular weight excluding hydrogens is 538 g/mol. The van der Waals surface area contributed by atoms with E-state index in [4.69, 9.17) is 15.2 Å². The predicted molar refractivity (Wildman–Crippen MR) is 158 cm³/mol. The second-order valence-corrected chi connectivity index (χ2v) is 11.1. The van der Waals surface area contributed by atoms with Gasteiger partial charge >= 0.3 is 5.97 Å². The van der Waals surface area contributed by atoms with Crippen LogP contribution >= 0.6 is 0 Å². The summed E-state index contributed by atoms with van der Waals surface area (Å²) in [6.45, 7) is 5.43. The summed E-state index contributed by atoms with van der Waals surface area (Å²) in [5.41, 5.74) is 7.06. The summed E-state index contributed by atoms with van der Waals surface area (Å²) in [7, 11) is 1.49. The number of Topliss-reactive ketones (excluding diaryl/α,β-unsaturated/α-hetero) is 1. The van der Waals surface area contributed by atoms with Gasteiger partial charge in [0.1, 0.15) is 17.9 Å². The van der Waals surface area contributed by atoms with E-state index in [0.29, 0.717) is 61.2 Å². The number of carbonyl (C=O) groups excluding carboxylic acids is 5. The van der Waals surface area contributed by atoms with E-state index < -0.39 is 35.2 Å². The highest BCUT2D eigenvalue weighted by molar-refractivity contribution is 6.38. The van der Waals surface area contributed by atoms with E-state index in [-0.39, 0.29) is 12.5 Å². The van der Waals surface area contributed by atoms with E-state index in [1.165, 1.54) is 12.0 Å². The fourth-order valence-corrected chi connectivity index (χ4v) is 4.85. The molecule has 226 valence electrons. The fourth-order valence-electron chi connectivity index (χ4n) is 4.85. The summed E-state index contributed by atoms with van der Waals surface area (Å²) < 4.78 is 11.4. The maximum absolute atomic E-state index is 13.7. The first kappa shape index (κ1) is 32.5. The monoisotopic (exact) mass is 579 g/mol. The molecule has 0 aliphatic carbocycles. The van der Waals surface area contributed by atoms with Crippen LogP contribution in [0.25, 0.3) is 0 Å². The Balaban J connectivity index is 1.88. The summed E-state index contributed by atoms with van der Waals surface area (Å²) in [4.78, 5) is 64.5. The first-order valence-electron chi connectivity index (χ1n) is 14.3. The Kier molecular flexibility index (Phi) is 11.4. The molecule has 0 saturated carbocycles. The standard InChI is InChI=1S/C32H41N3O7/c1-5-32(2,3)29(38)30(39)35-16-7-6-11-25(35)31(40)42-26(22-9-8-10-24(18-22)34-28(37)19-33)15-13-21-12-14-23(20-36)27(17-21)41-4/h8-10,12,14,17-18,20,25-26H,5-7,11,13,15-16,19,33H2,1-4H3,(H,34,37)/t25-,26+/m0/s1. The van der Waals surface area contributed by atoms with E-state index in [0.717, 1.165) is 18.3 Å². The predicted octanol–water partition coefficient (Wildman–Crippen LogP) is 4.01. The molecule has 2 aromatic carbocycles. The number of carbonyl (C=O) groups is 5. The maximum Gasteiger partial charge on any atom is 0.329 e. The van der Waals surface area contributed by atoms with Gasteiger partial charge in [0.05, 0.1) is 19.2 Å².